The van der Waals surface area contributed by atoms with Crippen molar-refractivity contribution in [3.05, 3.63) is 52.7 Å². The highest BCUT2D eigenvalue weighted by Gasteiger charge is 2.36. The summed E-state index contributed by atoms with van der Waals surface area (Å²) in [4.78, 5) is 16.5. The molecule has 0 atom stereocenters. The molecule has 2 heterocycles. The van der Waals surface area contributed by atoms with Gasteiger partial charge in [-0.1, -0.05) is 25.1 Å². The number of fused-ring (bicyclic) bond motifs is 1. The Morgan fingerprint density at radius 3 is 2.92 bits per heavy atom. The molecule has 1 amide bonds. The Hall–Kier alpha value is -2.63. The van der Waals surface area contributed by atoms with Gasteiger partial charge in [0, 0.05) is 36.5 Å². The third-order valence-electron chi connectivity index (χ3n) is 4.30. The number of furan rings is 1. The molecule has 0 bridgehead atoms. The van der Waals surface area contributed by atoms with E-state index in [2.05, 4.69) is 29.3 Å². The lowest BCUT2D eigenvalue weighted by atomic mass is 9.75. The van der Waals surface area contributed by atoms with Crippen molar-refractivity contribution in [2.24, 2.45) is 10.6 Å². The van der Waals surface area contributed by atoms with Gasteiger partial charge in [0.25, 0.3) is 5.91 Å². The Morgan fingerprint density at radius 1 is 1.46 bits per heavy atom. The molecule has 0 radical (unpaired) electrons. The fraction of sp³-hybridized carbons (Fsp3) is 0.389. The molecule has 0 fully saturated rings. The molecule has 2 aromatic rings. The molecule has 0 aromatic carbocycles. The van der Waals surface area contributed by atoms with Crippen LogP contribution in [0.15, 0.2) is 34.1 Å². The van der Waals surface area contributed by atoms with Gasteiger partial charge in [-0.05, 0) is 30.4 Å². The average Bonchev–Trinajstić information content (AvgIpc) is 2.88. The molecular weight excluding hydrogens is 306 g/mol. The molecule has 0 unspecified atom stereocenters. The van der Waals surface area contributed by atoms with Crippen LogP contribution in [-0.4, -0.2) is 21.8 Å². The van der Waals surface area contributed by atoms with Crippen LogP contribution in [-0.2, 0) is 13.0 Å². The third-order valence-corrected chi connectivity index (χ3v) is 4.30. The number of amides is 1. The minimum Gasteiger partial charge on any atom is -0.455 e. The Balaban J connectivity index is 1.85. The maximum atomic E-state index is 12.5. The molecule has 0 saturated heterocycles. The molecule has 0 spiro atoms. The van der Waals surface area contributed by atoms with Gasteiger partial charge in [0.15, 0.2) is 5.76 Å². The van der Waals surface area contributed by atoms with Crippen LogP contribution in [0.2, 0.25) is 0 Å². The fourth-order valence-corrected chi connectivity index (χ4v) is 3.18. The number of carbonyl (C=O) groups excluding carboxylic acids is 1. The average molecular weight is 327 g/mol. The number of carbonyl (C=O) groups is 1. The van der Waals surface area contributed by atoms with Crippen molar-refractivity contribution >= 4 is 11.6 Å². The van der Waals surface area contributed by atoms with E-state index in [0.717, 1.165) is 16.7 Å². The molecule has 24 heavy (non-hydrogen) atoms. The summed E-state index contributed by atoms with van der Waals surface area (Å²) in [6, 6.07) is 3.72. The topological polar surface area (TPSA) is 87.7 Å². The van der Waals surface area contributed by atoms with Crippen molar-refractivity contribution in [3.63, 3.8) is 0 Å². The van der Waals surface area contributed by atoms with E-state index in [9.17, 15) is 10.0 Å². The number of rotatable bonds is 3. The second-order valence-corrected chi connectivity index (χ2v) is 6.96. The normalized spacial score (nSPS) is 17.5. The molecule has 126 valence electrons. The van der Waals surface area contributed by atoms with Crippen LogP contribution >= 0.6 is 0 Å². The maximum absolute atomic E-state index is 12.5. The van der Waals surface area contributed by atoms with Gasteiger partial charge >= 0.3 is 0 Å². The van der Waals surface area contributed by atoms with Crippen molar-refractivity contribution in [1.29, 1.82) is 0 Å². The Kier molecular flexibility index (Phi) is 4.13. The zero-order chi connectivity index (χ0) is 17.3. The first-order valence-electron chi connectivity index (χ1n) is 7.92. The van der Waals surface area contributed by atoms with E-state index in [1.54, 1.807) is 12.4 Å². The van der Waals surface area contributed by atoms with Crippen molar-refractivity contribution in [3.8, 4) is 0 Å². The lowest BCUT2D eigenvalue weighted by molar-refractivity contribution is 0.0919. The summed E-state index contributed by atoms with van der Waals surface area (Å²) >= 11 is 0. The third kappa shape index (κ3) is 3.04. The second-order valence-electron chi connectivity index (χ2n) is 6.96. The molecule has 1 aliphatic carbocycles. The largest absolute Gasteiger partial charge is 0.455 e. The maximum Gasteiger partial charge on any atom is 0.287 e. The van der Waals surface area contributed by atoms with Crippen molar-refractivity contribution in [1.82, 2.24) is 10.3 Å². The number of nitrogens with zero attached hydrogens (tertiary/aromatic N) is 2. The van der Waals surface area contributed by atoms with E-state index in [1.165, 1.54) is 0 Å². The Morgan fingerprint density at radius 2 is 2.25 bits per heavy atom. The number of pyridine rings is 1. The number of hydrogen-bond donors (Lipinski definition) is 2. The number of nitrogens with one attached hydrogen (secondary N) is 1. The first-order chi connectivity index (χ1) is 11.4. The number of oxime groups is 1. The Bertz CT molecular complexity index is 791. The predicted molar refractivity (Wildman–Crippen MR) is 89.3 cm³/mol. The summed E-state index contributed by atoms with van der Waals surface area (Å²) in [5, 5.41) is 15.6. The van der Waals surface area contributed by atoms with Crippen LogP contribution < -0.4 is 5.32 Å². The predicted octanol–water partition coefficient (Wildman–Crippen LogP) is 3.06. The van der Waals surface area contributed by atoms with Crippen LogP contribution in [0.25, 0.3) is 0 Å². The van der Waals surface area contributed by atoms with Crippen LogP contribution in [0.3, 0.4) is 0 Å². The highest BCUT2D eigenvalue weighted by Crippen LogP contribution is 2.38. The van der Waals surface area contributed by atoms with Crippen molar-refractivity contribution < 1.29 is 14.4 Å². The highest BCUT2D eigenvalue weighted by molar-refractivity contribution is 6.06. The van der Waals surface area contributed by atoms with Gasteiger partial charge in [0.05, 0.1) is 5.71 Å². The molecule has 1 aliphatic rings. The molecule has 0 aliphatic heterocycles. The van der Waals surface area contributed by atoms with Crippen LogP contribution in [0.1, 0.15) is 53.3 Å². The minimum absolute atomic E-state index is 0.0672. The minimum atomic E-state index is -0.277. The molecule has 2 aromatic heterocycles. The zero-order valence-electron chi connectivity index (χ0n) is 14.1. The van der Waals surface area contributed by atoms with Gasteiger partial charge in [0.1, 0.15) is 5.76 Å². The number of aromatic nitrogens is 1. The van der Waals surface area contributed by atoms with Gasteiger partial charge < -0.3 is 14.9 Å². The van der Waals surface area contributed by atoms with E-state index in [4.69, 9.17) is 4.42 Å². The van der Waals surface area contributed by atoms with Crippen LogP contribution in [0, 0.1) is 12.3 Å². The lowest BCUT2D eigenvalue weighted by Gasteiger charge is -2.28. The molecule has 3 rings (SSSR count). The van der Waals surface area contributed by atoms with Gasteiger partial charge in [-0.15, -0.1) is 0 Å². The fourth-order valence-electron chi connectivity index (χ4n) is 3.18. The summed E-state index contributed by atoms with van der Waals surface area (Å²) in [5.74, 6) is 0.715. The standard InChI is InChI=1S/C18H21N3O3/c1-11-15-13(21-23)7-18(2,3)8-14(15)24-16(11)17(22)20-10-12-5-4-6-19-9-12/h4-6,9,23H,7-8,10H2,1-3H3,(H,20,22)/b21-13+. The monoisotopic (exact) mass is 327 g/mol. The van der Waals surface area contributed by atoms with Gasteiger partial charge in [-0.2, -0.15) is 0 Å². The SMILES string of the molecule is Cc1c(C(=O)NCc2cccnc2)oc2c1/C(=N/O)CC(C)(C)C2. The van der Waals surface area contributed by atoms with E-state index in [0.29, 0.717) is 30.9 Å². The first-order valence-corrected chi connectivity index (χ1v) is 7.92. The van der Waals surface area contributed by atoms with E-state index < -0.39 is 0 Å². The quantitative estimate of drug-likeness (QED) is 0.670. The summed E-state index contributed by atoms with van der Waals surface area (Å²) in [6.45, 7) is 6.37. The van der Waals surface area contributed by atoms with Gasteiger partial charge in [-0.3, -0.25) is 9.78 Å². The Labute approximate surface area is 140 Å². The van der Waals surface area contributed by atoms with Crippen molar-refractivity contribution in [2.75, 3.05) is 0 Å². The number of hydrogen-bond acceptors (Lipinski definition) is 5. The summed E-state index contributed by atoms with van der Waals surface area (Å²) < 4.78 is 5.84. The highest BCUT2D eigenvalue weighted by atomic mass is 16.4. The van der Waals surface area contributed by atoms with Crippen LogP contribution in [0.4, 0.5) is 0 Å². The van der Waals surface area contributed by atoms with Gasteiger partial charge in [0.2, 0.25) is 0 Å². The molecule has 2 N–H and O–H groups in total. The lowest BCUT2D eigenvalue weighted by Crippen LogP contribution is -2.27. The summed E-state index contributed by atoms with van der Waals surface area (Å²) in [5.41, 5.74) is 2.91. The molecule has 0 saturated carbocycles. The zero-order valence-corrected chi connectivity index (χ0v) is 14.1. The van der Waals surface area contributed by atoms with E-state index in [-0.39, 0.29) is 17.1 Å². The molecular formula is C18H21N3O3. The summed E-state index contributed by atoms with van der Waals surface area (Å²) in [7, 11) is 0. The van der Waals surface area contributed by atoms with Gasteiger partial charge in [-0.25, -0.2) is 0 Å². The van der Waals surface area contributed by atoms with Crippen molar-refractivity contribution in [2.45, 2.75) is 40.2 Å². The molecule has 6 nitrogen and oxygen atoms in total. The van der Waals surface area contributed by atoms with Crippen LogP contribution in [0.5, 0.6) is 0 Å². The summed E-state index contributed by atoms with van der Waals surface area (Å²) in [6.07, 6.45) is 4.75. The van der Waals surface area contributed by atoms with E-state index >= 15 is 0 Å². The second kappa shape index (κ2) is 6.11. The van der Waals surface area contributed by atoms with E-state index in [1.807, 2.05) is 19.1 Å². The first kappa shape index (κ1) is 16.2. The molecule has 6 heteroatoms. The smallest absolute Gasteiger partial charge is 0.287 e.